The Balaban J connectivity index is 2.81. The van der Waals surface area contributed by atoms with Gasteiger partial charge in [0, 0.05) is 18.3 Å². The van der Waals surface area contributed by atoms with Gasteiger partial charge in [0.2, 0.25) is 5.91 Å². The van der Waals surface area contributed by atoms with E-state index in [1.165, 1.54) is 25.3 Å². The molecule has 0 bridgehead atoms. The van der Waals surface area contributed by atoms with E-state index in [1.807, 2.05) is 13.8 Å². The van der Waals surface area contributed by atoms with Gasteiger partial charge in [-0.05, 0) is 18.1 Å². The van der Waals surface area contributed by atoms with Crippen LogP contribution in [0.3, 0.4) is 0 Å². The fourth-order valence-electron chi connectivity index (χ4n) is 1.65. The largest absolute Gasteiger partial charge is 0.494 e. The van der Waals surface area contributed by atoms with Gasteiger partial charge >= 0.3 is 0 Å². The number of anilines is 1. The maximum absolute atomic E-state index is 13.2. The molecule has 1 aromatic carbocycles. The van der Waals surface area contributed by atoms with Crippen LogP contribution in [0.5, 0.6) is 5.75 Å². The van der Waals surface area contributed by atoms with Gasteiger partial charge in [0.15, 0.2) is 11.6 Å². The molecular formula is C13H19FN2O2. The molecule has 5 heteroatoms. The van der Waals surface area contributed by atoms with Crippen molar-refractivity contribution in [2.45, 2.75) is 13.8 Å². The van der Waals surface area contributed by atoms with Crippen LogP contribution in [0.4, 0.5) is 10.1 Å². The van der Waals surface area contributed by atoms with Gasteiger partial charge in [0.25, 0.3) is 0 Å². The Morgan fingerprint density at radius 2 is 2.17 bits per heavy atom. The van der Waals surface area contributed by atoms with Gasteiger partial charge in [-0.15, -0.1) is 0 Å². The van der Waals surface area contributed by atoms with Gasteiger partial charge in [-0.2, -0.15) is 0 Å². The Morgan fingerprint density at radius 3 is 2.67 bits per heavy atom. The highest BCUT2D eigenvalue weighted by Gasteiger charge is 2.20. The fourth-order valence-corrected chi connectivity index (χ4v) is 1.65. The SMILES string of the molecule is COc1cc(NC(=O)C(CN)C(C)C)ccc1F. The van der Waals surface area contributed by atoms with Crippen LogP contribution >= 0.6 is 0 Å². The second-order valence-corrected chi connectivity index (χ2v) is 4.42. The summed E-state index contributed by atoms with van der Waals surface area (Å²) in [6.07, 6.45) is 0. The van der Waals surface area contributed by atoms with Gasteiger partial charge in [-0.25, -0.2) is 4.39 Å². The van der Waals surface area contributed by atoms with Crippen molar-refractivity contribution in [3.63, 3.8) is 0 Å². The molecule has 0 heterocycles. The van der Waals surface area contributed by atoms with Gasteiger partial charge in [0.1, 0.15) is 0 Å². The average Bonchev–Trinajstić information content (AvgIpc) is 2.32. The van der Waals surface area contributed by atoms with Crippen LogP contribution in [0.2, 0.25) is 0 Å². The van der Waals surface area contributed by atoms with E-state index in [4.69, 9.17) is 10.5 Å². The second-order valence-electron chi connectivity index (χ2n) is 4.42. The molecule has 0 aliphatic carbocycles. The highest BCUT2D eigenvalue weighted by Crippen LogP contribution is 2.22. The lowest BCUT2D eigenvalue weighted by molar-refractivity contribution is -0.120. The third-order valence-electron chi connectivity index (χ3n) is 2.81. The predicted molar refractivity (Wildman–Crippen MR) is 69.0 cm³/mol. The zero-order valence-electron chi connectivity index (χ0n) is 10.9. The number of benzene rings is 1. The van der Waals surface area contributed by atoms with Gasteiger partial charge in [-0.3, -0.25) is 4.79 Å². The maximum atomic E-state index is 13.2. The Labute approximate surface area is 106 Å². The van der Waals surface area contributed by atoms with Crippen molar-refractivity contribution in [2.24, 2.45) is 17.6 Å². The first-order valence-corrected chi connectivity index (χ1v) is 5.84. The van der Waals surface area contributed by atoms with Crippen LogP contribution in [-0.2, 0) is 4.79 Å². The van der Waals surface area contributed by atoms with E-state index in [9.17, 15) is 9.18 Å². The van der Waals surface area contributed by atoms with Gasteiger partial charge in [-0.1, -0.05) is 13.8 Å². The van der Waals surface area contributed by atoms with E-state index in [-0.39, 0.29) is 30.0 Å². The number of ether oxygens (including phenoxy) is 1. The molecule has 0 aliphatic heterocycles. The highest BCUT2D eigenvalue weighted by atomic mass is 19.1. The molecule has 0 aromatic heterocycles. The molecule has 18 heavy (non-hydrogen) atoms. The Kier molecular flexibility index (Phi) is 5.09. The summed E-state index contributed by atoms with van der Waals surface area (Å²) in [5.74, 6) is -0.643. The number of hydrogen-bond acceptors (Lipinski definition) is 3. The standard InChI is InChI=1S/C13H19FN2O2/c1-8(2)10(7-15)13(17)16-9-4-5-11(14)12(6-9)18-3/h4-6,8,10H,7,15H2,1-3H3,(H,16,17). The lowest BCUT2D eigenvalue weighted by Gasteiger charge is -2.18. The first-order chi connectivity index (χ1) is 8.49. The number of halogens is 1. The molecule has 0 fully saturated rings. The Hall–Kier alpha value is -1.62. The third-order valence-corrected chi connectivity index (χ3v) is 2.81. The first kappa shape index (κ1) is 14.4. The van der Waals surface area contributed by atoms with Gasteiger partial charge in [0.05, 0.1) is 13.0 Å². The summed E-state index contributed by atoms with van der Waals surface area (Å²) in [7, 11) is 1.38. The molecule has 1 amide bonds. The molecule has 0 spiro atoms. The third kappa shape index (κ3) is 3.43. The maximum Gasteiger partial charge on any atom is 0.229 e. The van der Waals surface area contributed by atoms with Crippen LogP contribution in [0.1, 0.15) is 13.8 Å². The van der Waals surface area contributed by atoms with E-state index in [2.05, 4.69) is 5.32 Å². The molecule has 3 N–H and O–H groups in total. The number of methoxy groups -OCH3 is 1. The van der Waals surface area contributed by atoms with Gasteiger partial charge < -0.3 is 15.8 Å². The minimum absolute atomic E-state index is 0.0987. The Morgan fingerprint density at radius 1 is 1.50 bits per heavy atom. The highest BCUT2D eigenvalue weighted by molar-refractivity contribution is 5.93. The molecule has 0 saturated carbocycles. The fraction of sp³-hybridized carbons (Fsp3) is 0.462. The van der Waals surface area contributed by atoms with Crippen molar-refractivity contribution in [3.05, 3.63) is 24.0 Å². The first-order valence-electron chi connectivity index (χ1n) is 5.84. The number of rotatable bonds is 5. The Bertz CT molecular complexity index is 421. The van der Waals surface area contributed by atoms with Crippen molar-refractivity contribution < 1.29 is 13.9 Å². The van der Waals surface area contributed by atoms with Crippen LogP contribution in [0, 0.1) is 17.7 Å². The smallest absolute Gasteiger partial charge is 0.229 e. The van der Waals surface area contributed by atoms with Crippen LogP contribution < -0.4 is 15.8 Å². The number of nitrogens with two attached hydrogens (primary N) is 1. The number of hydrogen-bond donors (Lipinski definition) is 2. The topological polar surface area (TPSA) is 64.3 Å². The summed E-state index contributed by atoms with van der Waals surface area (Å²) in [6.45, 7) is 4.15. The molecule has 1 rings (SSSR count). The molecular weight excluding hydrogens is 235 g/mol. The molecule has 4 nitrogen and oxygen atoms in total. The summed E-state index contributed by atoms with van der Waals surface area (Å²) in [4.78, 5) is 11.9. The minimum atomic E-state index is -0.463. The van der Waals surface area contributed by atoms with Crippen molar-refractivity contribution in [3.8, 4) is 5.75 Å². The van der Waals surface area contributed by atoms with Crippen molar-refractivity contribution in [1.29, 1.82) is 0 Å². The average molecular weight is 254 g/mol. The van der Waals surface area contributed by atoms with E-state index < -0.39 is 5.82 Å². The van der Waals surface area contributed by atoms with Crippen molar-refractivity contribution in [2.75, 3.05) is 19.0 Å². The summed E-state index contributed by atoms with van der Waals surface area (Å²) in [6, 6.07) is 4.19. The quantitative estimate of drug-likeness (QED) is 0.844. The van der Waals surface area contributed by atoms with E-state index in [0.29, 0.717) is 5.69 Å². The van der Waals surface area contributed by atoms with Crippen LogP contribution in [0.15, 0.2) is 18.2 Å². The normalized spacial score (nSPS) is 12.3. The van der Waals surface area contributed by atoms with E-state index >= 15 is 0 Å². The van der Waals surface area contributed by atoms with Crippen molar-refractivity contribution >= 4 is 11.6 Å². The summed E-state index contributed by atoms with van der Waals surface area (Å²) in [5, 5.41) is 2.71. The second kappa shape index (κ2) is 6.35. The molecule has 100 valence electrons. The summed E-state index contributed by atoms with van der Waals surface area (Å²) >= 11 is 0. The lowest BCUT2D eigenvalue weighted by Crippen LogP contribution is -2.33. The molecule has 0 saturated heterocycles. The number of nitrogens with one attached hydrogen (secondary N) is 1. The number of carbonyl (C=O) groups excluding carboxylic acids is 1. The van der Waals surface area contributed by atoms with E-state index in [1.54, 1.807) is 0 Å². The van der Waals surface area contributed by atoms with Crippen LogP contribution in [0.25, 0.3) is 0 Å². The zero-order chi connectivity index (χ0) is 13.7. The number of amides is 1. The lowest BCUT2D eigenvalue weighted by atomic mass is 9.95. The molecule has 1 unspecified atom stereocenters. The molecule has 1 atom stereocenters. The zero-order valence-corrected chi connectivity index (χ0v) is 10.9. The number of carbonyl (C=O) groups is 1. The minimum Gasteiger partial charge on any atom is -0.494 e. The van der Waals surface area contributed by atoms with E-state index in [0.717, 1.165) is 0 Å². The van der Waals surface area contributed by atoms with Crippen molar-refractivity contribution in [1.82, 2.24) is 0 Å². The summed E-state index contributed by atoms with van der Waals surface area (Å²) < 4.78 is 18.1. The molecule has 0 aliphatic rings. The monoisotopic (exact) mass is 254 g/mol. The predicted octanol–water partition coefficient (Wildman–Crippen LogP) is 2.00. The summed E-state index contributed by atoms with van der Waals surface area (Å²) in [5.41, 5.74) is 6.06. The molecule has 1 aromatic rings. The molecule has 0 radical (unpaired) electrons. The van der Waals surface area contributed by atoms with Crippen LogP contribution in [-0.4, -0.2) is 19.6 Å².